The Labute approximate surface area is 504 Å². The second kappa shape index (κ2) is 69.6. The molecule has 6 heteroatoms. The van der Waals surface area contributed by atoms with Crippen LogP contribution in [0.25, 0.3) is 0 Å². The van der Waals surface area contributed by atoms with Crippen LogP contribution in [-0.4, -0.2) is 37.2 Å². The van der Waals surface area contributed by atoms with E-state index >= 15 is 0 Å². The van der Waals surface area contributed by atoms with Crippen LogP contribution in [0.3, 0.4) is 0 Å². The molecule has 0 aromatic heterocycles. The van der Waals surface area contributed by atoms with E-state index in [9.17, 15) is 14.4 Å². The van der Waals surface area contributed by atoms with Crippen molar-refractivity contribution in [1.82, 2.24) is 0 Å². The third-order valence-corrected chi connectivity index (χ3v) is 16.0. The van der Waals surface area contributed by atoms with Crippen LogP contribution in [0.15, 0.2) is 60.8 Å². The third kappa shape index (κ3) is 67.8. The summed E-state index contributed by atoms with van der Waals surface area (Å²) in [6.07, 6.45) is 90.0. The van der Waals surface area contributed by atoms with Gasteiger partial charge in [-0.15, -0.1) is 0 Å². The SMILES string of the molecule is CC/C=C\C/C=C\C/C=C\C/C=C\CCCCCCCCC(=O)OC(COC(=O)CCCCCCC/C=C\CCC)COC(=O)CCCCCCCCCCCCCCCCCCCCCCCCCCCCCCCCCCCC. The van der Waals surface area contributed by atoms with Crippen LogP contribution in [0.4, 0.5) is 0 Å². The minimum atomic E-state index is -0.785. The molecule has 1 unspecified atom stereocenters. The van der Waals surface area contributed by atoms with Gasteiger partial charge in [-0.1, -0.05) is 345 Å². The van der Waals surface area contributed by atoms with Crippen molar-refractivity contribution in [3.8, 4) is 0 Å². The van der Waals surface area contributed by atoms with E-state index in [1.807, 2.05) is 0 Å². The van der Waals surface area contributed by atoms with Gasteiger partial charge in [-0.2, -0.15) is 0 Å². The highest BCUT2D eigenvalue weighted by Crippen LogP contribution is 2.19. The molecule has 0 fully saturated rings. The Morgan fingerprint density at radius 3 is 0.815 bits per heavy atom. The molecule has 0 saturated carbocycles. The largest absolute Gasteiger partial charge is 0.462 e. The molecule has 6 nitrogen and oxygen atoms in total. The third-order valence-electron chi connectivity index (χ3n) is 16.0. The summed E-state index contributed by atoms with van der Waals surface area (Å²) in [5.74, 6) is -0.887. The average molecular weight is 1130 g/mol. The quantitative estimate of drug-likeness (QED) is 0.0261. The lowest BCUT2D eigenvalue weighted by molar-refractivity contribution is -0.167. The molecule has 0 aromatic carbocycles. The summed E-state index contributed by atoms with van der Waals surface area (Å²) in [7, 11) is 0. The summed E-state index contributed by atoms with van der Waals surface area (Å²) >= 11 is 0. The van der Waals surface area contributed by atoms with E-state index in [4.69, 9.17) is 14.2 Å². The number of esters is 3. The second-order valence-electron chi connectivity index (χ2n) is 24.1. The van der Waals surface area contributed by atoms with Crippen LogP contribution in [-0.2, 0) is 28.6 Å². The van der Waals surface area contributed by atoms with Crippen molar-refractivity contribution in [2.24, 2.45) is 0 Å². The Hall–Kier alpha value is -2.89. The first-order valence-corrected chi connectivity index (χ1v) is 35.8. The van der Waals surface area contributed by atoms with Gasteiger partial charge in [0.05, 0.1) is 0 Å². The van der Waals surface area contributed by atoms with Crippen molar-refractivity contribution < 1.29 is 28.6 Å². The molecule has 0 aliphatic carbocycles. The first kappa shape index (κ1) is 78.1. The minimum absolute atomic E-state index is 0.0799. The van der Waals surface area contributed by atoms with Crippen molar-refractivity contribution in [2.75, 3.05) is 13.2 Å². The molecule has 0 aliphatic rings. The molecule has 0 aliphatic heterocycles. The maximum atomic E-state index is 12.9. The normalized spacial score (nSPS) is 12.4. The highest BCUT2D eigenvalue weighted by molar-refractivity contribution is 5.71. The molecule has 0 N–H and O–H groups in total. The minimum Gasteiger partial charge on any atom is -0.462 e. The van der Waals surface area contributed by atoms with Gasteiger partial charge in [0.25, 0.3) is 0 Å². The van der Waals surface area contributed by atoms with E-state index < -0.39 is 6.10 Å². The van der Waals surface area contributed by atoms with Crippen LogP contribution in [0.5, 0.6) is 0 Å². The lowest BCUT2D eigenvalue weighted by atomic mass is 10.0. The van der Waals surface area contributed by atoms with Gasteiger partial charge >= 0.3 is 17.9 Å². The fourth-order valence-electron chi connectivity index (χ4n) is 10.7. The summed E-state index contributed by atoms with van der Waals surface area (Å²) in [5, 5.41) is 0. The summed E-state index contributed by atoms with van der Waals surface area (Å²) in [6.45, 7) is 6.50. The number of carbonyl (C=O) groups is 3. The molecule has 1 atom stereocenters. The smallest absolute Gasteiger partial charge is 0.306 e. The van der Waals surface area contributed by atoms with E-state index in [2.05, 4.69) is 81.5 Å². The predicted octanol–water partition coefficient (Wildman–Crippen LogP) is 24.7. The van der Waals surface area contributed by atoms with E-state index in [1.165, 1.54) is 231 Å². The number of rotatable bonds is 66. The zero-order valence-electron chi connectivity index (χ0n) is 54.3. The van der Waals surface area contributed by atoms with Gasteiger partial charge in [-0.05, 0) is 77.0 Å². The van der Waals surface area contributed by atoms with E-state index in [1.54, 1.807) is 0 Å². The number of hydrogen-bond acceptors (Lipinski definition) is 6. The number of ether oxygens (including phenoxy) is 3. The van der Waals surface area contributed by atoms with Gasteiger partial charge in [-0.3, -0.25) is 14.4 Å². The molecule has 81 heavy (non-hydrogen) atoms. The molecule has 0 radical (unpaired) electrons. The molecule has 0 aromatic rings. The van der Waals surface area contributed by atoms with Gasteiger partial charge < -0.3 is 14.2 Å². The van der Waals surface area contributed by atoms with Gasteiger partial charge in [-0.25, -0.2) is 0 Å². The maximum Gasteiger partial charge on any atom is 0.306 e. The zero-order chi connectivity index (χ0) is 58.5. The van der Waals surface area contributed by atoms with Crippen LogP contribution in [0.1, 0.15) is 380 Å². The fraction of sp³-hybridized carbons (Fsp3) is 0.827. The topological polar surface area (TPSA) is 78.9 Å². The van der Waals surface area contributed by atoms with Crippen molar-refractivity contribution in [3.63, 3.8) is 0 Å². The fourth-order valence-corrected chi connectivity index (χ4v) is 10.7. The second-order valence-corrected chi connectivity index (χ2v) is 24.1. The first-order valence-electron chi connectivity index (χ1n) is 35.8. The average Bonchev–Trinajstić information content (AvgIpc) is 3.47. The van der Waals surface area contributed by atoms with E-state index in [0.717, 1.165) is 109 Å². The van der Waals surface area contributed by atoms with Crippen LogP contribution >= 0.6 is 0 Å². The van der Waals surface area contributed by atoms with Gasteiger partial charge in [0.2, 0.25) is 0 Å². The lowest BCUT2D eigenvalue weighted by Crippen LogP contribution is -2.30. The predicted molar refractivity (Wildman–Crippen MR) is 353 cm³/mol. The van der Waals surface area contributed by atoms with Gasteiger partial charge in [0, 0.05) is 19.3 Å². The summed E-state index contributed by atoms with van der Waals surface area (Å²) < 4.78 is 16.9. The number of carbonyl (C=O) groups excluding carboxylic acids is 3. The molecule has 0 amide bonds. The van der Waals surface area contributed by atoms with E-state index in [-0.39, 0.29) is 31.1 Å². The number of hydrogen-bond donors (Lipinski definition) is 0. The summed E-state index contributed by atoms with van der Waals surface area (Å²) in [6, 6.07) is 0. The lowest BCUT2D eigenvalue weighted by Gasteiger charge is -2.18. The number of unbranched alkanes of at least 4 members (excludes halogenated alkanes) is 45. The highest BCUT2D eigenvalue weighted by atomic mass is 16.6. The summed E-state index contributed by atoms with van der Waals surface area (Å²) in [4.78, 5) is 38.3. The van der Waals surface area contributed by atoms with E-state index in [0.29, 0.717) is 19.3 Å². The molecule has 0 saturated heterocycles. The van der Waals surface area contributed by atoms with Crippen LogP contribution in [0.2, 0.25) is 0 Å². The Morgan fingerprint density at radius 1 is 0.259 bits per heavy atom. The Bertz CT molecular complexity index is 1440. The van der Waals surface area contributed by atoms with Crippen molar-refractivity contribution in [3.05, 3.63) is 60.8 Å². The van der Waals surface area contributed by atoms with Crippen molar-refractivity contribution in [1.29, 1.82) is 0 Å². The first-order chi connectivity index (χ1) is 40.0. The monoisotopic (exact) mass is 1130 g/mol. The van der Waals surface area contributed by atoms with Gasteiger partial charge in [0.15, 0.2) is 6.10 Å². The Kier molecular flexibility index (Phi) is 67.1. The van der Waals surface area contributed by atoms with Crippen molar-refractivity contribution >= 4 is 17.9 Å². The molecule has 0 heterocycles. The number of allylic oxidation sites excluding steroid dienone is 10. The van der Waals surface area contributed by atoms with Crippen molar-refractivity contribution in [2.45, 2.75) is 386 Å². The van der Waals surface area contributed by atoms with Crippen LogP contribution < -0.4 is 0 Å². The zero-order valence-corrected chi connectivity index (χ0v) is 54.3. The molecular formula is C75H136O6. The van der Waals surface area contributed by atoms with Gasteiger partial charge in [0.1, 0.15) is 13.2 Å². The highest BCUT2D eigenvalue weighted by Gasteiger charge is 2.19. The molecule has 0 rings (SSSR count). The Balaban J connectivity index is 4.05. The summed E-state index contributed by atoms with van der Waals surface area (Å²) in [5.41, 5.74) is 0. The molecule has 0 spiro atoms. The molecular weight excluding hydrogens is 997 g/mol. The Morgan fingerprint density at radius 2 is 0.506 bits per heavy atom. The molecule has 0 bridgehead atoms. The maximum absolute atomic E-state index is 12.9. The molecule has 472 valence electrons. The standard InChI is InChI=1S/C75H136O6/c1-4-7-10-13-16-19-22-24-26-28-30-31-32-33-34-35-36-37-38-39-40-41-42-43-44-46-47-49-51-53-56-59-62-65-68-74(77)80-71-72(70-79-73(76)67-64-61-58-55-21-18-15-12-9-6-3)81-75(78)69-66-63-60-57-54-52-50-48-45-29-27-25-23-20-17-14-11-8-5-2/h8,11-12,15,17,20,25,27,45,48,72H,4-7,9-10,13-14,16,18-19,21-24,26,28-44,46-47,49-71H2,1-3H3/b11-8-,15-12-,20-17-,27-25-,48-45-. The van der Waals surface area contributed by atoms with Crippen LogP contribution in [0, 0.1) is 0 Å².